The lowest BCUT2D eigenvalue weighted by atomic mass is 10.1. The van der Waals surface area contributed by atoms with Crippen LogP contribution in [0.5, 0.6) is 0 Å². The van der Waals surface area contributed by atoms with Crippen molar-refractivity contribution in [1.29, 1.82) is 0 Å². The SMILES string of the molecule is C#CCC(C)NC(=O)C1C=CC(N)C1. The van der Waals surface area contributed by atoms with E-state index in [0.29, 0.717) is 12.8 Å². The summed E-state index contributed by atoms with van der Waals surface area (Å²) in [6, 6.07) is 0.0615. The van der Waals surface area contributed by atoms with E-state index in [1.807, 2.05) is 19.1 Å². The number of hydrogen-bond donors (Lipinski definition) is 2. The largest absolute Gasteiger partial charge is 0.352 e. The molecule has 0 saturated carbocycles. The molecule has 3 N–H and O–H groups in total. The summed E-state index contributed by atoms with van der Waals surface area (Å²) >= 11 is 0. The molecule has 3 heteroatoms. The third-order valence-electron chi connectivity index (χ3n) is 2.27. The van der Waals surface area contributed by atoms with Crippen LogP contribution in [0.25, 0.3) is 0 Å². The van der Waals surface area contributed by atoms with Gasteiger partial charge in [0.15, 0.2) is 0 Å². The molecule has 0 radical (unpaired) electrons. The fourth-order valence-electron chi connectivity index (χ4n) is 1.50. The molecule has 0 aromatic carbocycles. The average Bonchev–Trinajstić information content (AvgIpc) is 2.52. The summed E-state index contributed by atoms with van der Waals surface area (Å²) in [6.07, 6.45) is 10.1. The fraction of sp³-hybridized carbons (Fsp3) is 0.545. The minimum Gasteiger partial charge on any atom is -0.352 e. The Labute approximate surface area is 84.7 Å². The fourth-order valence-corrected chi connectivity index (χ4v) is 1.50. The monoisotopic (exact) mass is 192 g/mol. The number of hydrogen-bond acceptors (Lipinski definition) is 2. The number of carbonyl (C=O) groups excluding carboxylic acids is 1. The van der Waals surface area contributed by atoms with E-state index in [0.717, 1.165) is 0 Å². The van der Waals surface area contributed by atoms with Gasteiger partial charge >= 0.3 is 0 Å². The summed E-state index contributed by atoms with van der Waals surface area (Å²) in [7, 11) is 0. The highest BCUT2D eigenvalue weighted by Crippen LogP contribution is 2.16. The van der Waals surface area contributed by atoms with Crippen molar-refractivity contribution in [1.82, 2.24) is 5.32 Å². The molecule has 3 atom stereocenters. The van der Waals surface area contributed by atoms with Gasteiger partial charge in [0.25, 0.3) is 0 Å². The van der Waals surface area contributed by atoms with Crippen LogP contribution in [-0.4, -0.2) is 18.0 Å². The topological polar surface area (TPSA) is 55.1 Å². The Balaban J connectivity index is 2.36. The Morgan fingerprint density at radius 1 is 1.79 bits per heavy atom. The molecule has 1 amide bonds. The molecule has 0 fully saturated rings. The molecule has 0 aromatic rings. The molecular formula is C11H16N2O. The summed E-state index contributed by atoms with van der Waals surface area (Å²) in [4.78, 5) is 11.6. The smallest absolute Gasteiger partial charge is 0.227 e. The van der Waals surface area contributed by atoms with Gasteiger partial charge in [-0.15, -0.1) is 12.3 Å². The van der Waals surface area contributed by atoms with Crippen LogP contribution < -0.4 is 11.1 Å². The normalized spacial score (nSPS) is 26.9. The molecule has 14 heavy (non-hydrogen) atoms. The predicted molar refractivity (Wildman–Crippen MR) is 56.3 cm³/mol. The van der Waals surface area contributed by atoms with Crippen LogP contribution in [0.2, 0.25) is 0 Å². The summed E-state index contributed by atoms with van der Waals surface area (Å²) in [6.45, 7) is 1.90. The number of amides is 1. The highest BCUT2D eigenvalue weighted by atomic mass is 16.1. The van der Waals surface area contributed by atoms with Crippen LogP contribution in [0.15, 0.2) is 12.2 Å². The summed E-state index contributed by atoms with van der Waals surface area (Å²) < 4.78 is 0. The van der Waals surface area contributed by atoms with Crippen molar-refractivity contribution in [2.45, 2.75) is 31.8 Å². The Hall–Kier alpha value is -1.27. The van der Waals surface area contributed by atoms with Crippen molar-refractivity contribution in [3.8, 4) is 12.3 Å². The number of terminal acetylenes is 1. The van der Waals surface area contributed by atoms with Crippen LogP contribution in [0.1, 0.15) is 19.8 Å². The summed E-state index contributed by atoms with van der Waals surface area (Å²) in [5.74, 6) is 2.46. The molecule has 1 aliphatic carbocycles. The van der Waals surface area contributed by atoms with Crippen LogP contribution in [0, 0.1) is 18.3 Å². The lowest BCUT2D eigenvalue weighted by Gasteiger charge is -2.14. The zero-order valence-electron chi connectivity index (χ0n) is 8.36. The summed E-state index contributed by atoms with van der Waals surface area (Å²) in [5, 5.41) is 2.86. The first-order valence-corrected chi connectivity index (χ1v) is 4.81. The molecule has 3 nitrogen and oxygen atoms in total. The van der Waals surface area contributed by atoms with Gasteiger partial charge in [-0.2, -0.15) is 0 Å². The second kappa shape index (κ2) is 4.83. The van der Waals surface area contributed by atoms with E-state index in [4.69, 9.17) is 12.2 Å². The van der Waals surface area contributed by atoms with Crippen molar-refractivity contribution < 1.29 is 4.79 Å². The second-order valence-corrected chi connectivity index (χ2v) is 3.71. The summed E-state index contributed by atoms with van der Waals surface area (Å²) in [5.41, 5.74) is 5.65. The third kappa shape index (κ3) is 2.90. The van der Waals surface area contributed by atoms with Gasteiger partial charge in [0.2, 0.25) is 5.91 Å². The first-order valence-electron chi connectivity index (χ1n) is 4.81. The van der Waals surface area contributed by atoms with Crippen LogP contribution in [0.4, 0.5) is 0 Å². The number of carbonyl (C=O) groups is 1. The average molecular weight is 192 g/mol. The van der Waals surface area contributed by atoms with Gasteiger partial charge in [0.05, 0.1) is 5.92 Å². The Morgan fingerprint density at radius 3 is 3.00 bits per heavy atom. The molecular weight excluding hydrogens is 176 g/mol. The molecule has 0 aromatic heterocycles. The van der Waals surface area contributed by atoms with Gasteiger partial charge in [-0.3, -0.25) is 4.79 Å². The van der Waals surface area contributed by atoms with E-state index in [2.05, 4.69) is 11.2 Å². The van der Waals surface area contributed by atoms with Gasteiger partial charge < -0.3 is 11.1 Å². The van der Waals surface area contributed by atoms with Crippen LogP contribution >= 0.6 is 0 Å². The number of rotatable bonds is 3. The minimum absolute atomic E-state index is 0.0219. The first kappa shape index (κ1) is 10.8. The van der Waals surface area contributed by atoms with E-state index in [1.165, 1.54) is 0 Å². The molecule has 76 valence electrons. The van der Waals surface area contributed by atoms with Crippen molar-refractivity contribution in [2.24, 2.45) is 11.7 Å². The minimum atomic E-state index is -0.0785. The maximum Gasteiger partial charge on any atom is 0.227 e. The van der Waals surface area contributed by atoms with Crippen LogP contribution in [-0.2, 0) is 4.79 Å². The zero-order valence-corrected chi connectivity index (χ0v) is 8.36. The van der Waals surface area contributed by atoms with E-state index in [9.17, 15) is 4.79 Å². The van der Waals surface area contributed by atoms with Gasteiger partial charge in [-0.25, -0.2) is 0 Å². The highest BCUT2D eigenvalue weighted by Gasteiger charge is 2.23. The zero-order chi connectivity index (χ0) is 10.6. The first-order chi connectivity index (χ1) is 6.63. The van der Waals surface area contributed by atoms with Crippen molar-refractivity contribution >= 4 is 5.91 Å². The number of nitrogens with one attached hydrogen (secondary N) is 1. The molecule has 0 bridgehead atoms. The van der Waals surface area contributed by atoms with E-state index < -0.39 is 0 Å². The van der Waals surface area contributed by atoms with Gasteiger partial charge in [-0.1, -0.05) is 12.2 Å². The van der Waals surface area contributed by atoms with Crippen LogP contribution in [0.3, 0.4) is 0 Å². The van der Waals surface area contributed by atoms with Gasteiger partial charge in [-0.05, 0) is 13.3 Å². The Kier molecular flexibility index (Phi) is 3.73. The molecule has 1 rings (SSSR count). The van der Waals surface area contributed by atoms with Crippen molar-refractivity contribution in [3.63, 3.8) is 0 Å². The van der Waals surface area contributed by atoms with E-state index >= 15 is 0 Å². The second-order valence-electron chi connectivity index (χ2n) is 3.71. The molecule has 0 aliphatic heterocycles. The predicted octanol–water partition coefficient (Wildman–Crippen LogP) is 0.418. The van der Waals surface area contributed by atoms with E-state index in [-0.39, 0.29) is 23.9 Å². The molecule has 1 aliphatic rings. The molecule has 0 saturated heterocycles. The van der Waals surface area contributed by atoms with Gasteiger partial charge in [0.1, 0.15) is 0 Å². The van der Waals surface area contributed by atoms with Gasteiger partial charge in [0, 0.05) is 18.5 Å². The number of nitrogens with two attached hydrogens (primary N) is 1. The quantitative estimate of drug-likeness (QED) is 0.503. The lowest BCUT2D eigenvalue weighted by molar-refractivity contribution is -0.124. The van der Waals surface area contributed by atoms with E-state index in [1.54, 1.807) is 0 Å². The Bertz CT molecular complexity index is 278. The standard InChI is InChI=1S/C11H16N2O/c1-3-4-8(2)13-11(14)9-5-6-10(12)7-9/h1,5-6,8-10H,4,7,12H2,2H3,(H,13,14). The lowest BCUT2D eigenvalue weighted by Crippen LogP contribution is -2.36. The third-order valence-corrected chi connectivity index (χ3v) is 2.27. The molecule has 0 heterocycles. The molecule has 0 spiro atoms. The maximum absolute atomic E-state index is 11.6. The maximum atomic E-state index is 11.6. The Morgan fingerprint density at radius 2 is 2.50 bits per heavy atom. The van der Waals surface area contributed by atoms with Crippen molar-refractivity contribution in [2.75, 3.05) is 0 Å². The van der Waals surface area contributed by atoms with Crippen molar-refractivity contribution in [3.05, 3.63) is 12.2 Å². The highest BCUT2D eigenvalue weighted by molar-refractivity contribution is 5.81. The molecule has 3 unspecified atom stereocenters.